The molecule has 0 unspecified atom stereocenters. The van der Waals surface area contributed by atoms with Gasteiger partial charge in [0.2, 0.25) is 0 Å². The van der Waals surface area contributed by atoms with Crippen molar-refractivity contribution in [3.63, 3.8) is 0 Å². The summed E-state index contributed by atoms with van der Waals surface area (Å²) >= 11 is 3.05. The van der Waals surface area contributed by atoms with Gasteiger partial charge >= 0.3 is 6.18 Å². The number of sulfone groups is 1. The minimum absolute atomic E-state index is 0.321. The van der Waals surface area contributed by atoms with Gasteiger partial charge in [-0.1, -0.05) is 15.9 Å². The second-order valence-electron chi connectivity index (χ2n) is 3.13. The van der Waals surface area contributed by atoms with E-state index in [1.807, 2.05) is 0 Å². The van der Waals surface area contributed by atoms with Gasteiger partial charge in [-0.15, -0.1) is 0 Å². The number of hydrogen-bond donors (Lipinski definition) is 0. The Labute approximate surface area is 104 Å². The number of rotatable bonds is 3. The molecular weight excluding hydrogens is 325 g/mol. The summed E-state index contributed by atoms with van der Waals surface area (Å²) in [7, 11) is -4.25. The molecule has 0 radical (unpaired) electrons. The Kier molecular flexibility index (Phi) is 3.98. The van der Waals surface area contributed by atoms with Crippen LogP contribution >= 0.6 is 15.9 Å². The summed E-state index contributed by atoms with van der Waals surface area (Å²) < 4.78 is 59.3. The summed E-state index contributed by atoms with van der Waals surface area (Å²) in [6.45, 7) is 0. The lowest BCUT2D eigenvalue weighted by Crippen LogP contribution is -2.30. The molecule has 0 aliphatic rings. The average molecular weight is 331 g/mol. The Balaban J connectivity index is 2.98. The van der Waals surface area contributed by atoms with Gasteiger partial charge in [0, 0.05) is 4.47 Å². The predicted octanol–water partition coefficient (Wildman–Crippen LogP) is 2.35. The summed E-state index contributed by atoms with van der Waals surface area (Å²) in [5.41, 5.74) is 0. The molecule has 0 aliphatic heterocycles. The van der Waals surface area contributed by atoms with Crippen molar-refractivity contribution >= 4 is 31.6 Å². The Morgan fingerprint density at radius 2 is 1.65 bits per heavy atom. The third-order valence-electron chi connectivity index (χ3n) is 1.81. The molecule has 0 heterocycles. The first-order chi connectivity index (χ1) is 7.63. The molecule has 0 aromatic heterocycles. The molecule has 0 saturated carbocycles. The number of benzene rings is 1. The van der Waals surface area contributed by atoms with Gasteiger partial charge in [0.15, 0.2) is 9.84 Å². The molecule has 0 fully saturated rings. The van der Waals surface area contributed by atoms with Gasteiger partial charge in [0.1, 0.15) is 5.75 Å². The standard InChI is InChI=1S/C9H6BrF3O3S/c10-6-1-3-7(4-2-6)17(15,16)5-8(14)9(11,12)13/h1-4H,5H2. The lowest BCUT2D eigenvalue weighted by atomic mass is 10.4. The number of carbonyl (C=O) groups is 1. The van der Waals surface area contributed by atoms with Crippen molar-refractivity contribution in [3.05, 3.63) is 28.7 Å². The first-order valence-electron chi connectivity index (χ1n) is 4.21. The van der Waals surface area contributed by atoms with Crippen LogP contribution in [-0.4, -0.2) is 26.1 Å². The van der Waals surface area contributed by atoms with Crippen LogP contribution in [0.15, 0.2) is 33.6 Å². The van der Waals surface area contributed by atoms with Gasteiger partial charge in [0.25, 0.3) is 5.78 Å². The first kappa shape index (κ1) is 14.2. The maximum atomic E-state index is 11.9. The number of ketones is 1. The number of hydrogen-bond acceptors (Lipinski definition) is 3. The maximum absolute atomic E-state index is 11.9. The van der Waals surface area contributed by atoms with Crippen molar-refractivity contribution in [2.24, 2.45) is 0 Å². The van der Waals surface area contributed by atoms with E-state index in [-0.39, 0.29) is 4.90 Å². The summed E-state index contributed by atoms with van der Waals surface area (Å²) in [5.74, 6) is -3.85. The van der Waals surface area contributed by atoms with Crippen LogP contribution in [0.3, 0.4) is 0 Å². The quantitative estimate of drug-likeness (QED) is 0.854. The molecule has 94 valence electrons. The van der Waals surface area contributed by atoms with E-state index in [9.17, 15) is 26.4 Å². The van der Waals surface area contributed by atoms with Gasteiger partial charge in [-0.3, -0.25) is 4.79 Å². The summed E-state index contributed by atoms with van der Waals surface area (Å²) in [4.78, 5) is 10.3. The molecule has 0 aliphatic carbocycles. The first-order valence-corrected chi connectivity index (χ1v) is 6.66. The van der Waals surface area contributed by atoms with E-state index < -0.39 is 27.5 Å². The largest absolute Gasteiger partial charge is 0.451 e. The Morgan fingerprint density at radius 1 is 1.18 bits per heavy atom. The smallest absolute Gasteiger partial charge is 0.288 e. The fourth-order valence-electron chi connectivity index (χ4n) is 0.980. The van der Waals surface area contributed by atoms with E-state index in [1.54, 1.807) is 0 Å². The zero-order valence-corrected chi connectivity index (χ0v) is 10.6. The molecule has 0 saturated heterocycles. The van der Waals surface area contributed by atoms with E-state index in [4.69, 9.17) is 0 Å². The highest BCUT2D eigenvalue weighted by Gasteiger charge is 2.41. The highest BCUT2D eigenvalue weighted by Crippen LogP contribution is 2.21. The normalized spacial score (nSPS) is 12.5. The maximum Gasteiger partial charge on any atom is 0.451 e. The highest BCUT2D eigenvalue weighted by molar-refractivity contribution is 9.10. The molecule has 17 heavy (non-hydrogen) atoms. The third kappa shape index (κ3) is 3.81. The number of carbonyl (C=O) groups excluding carboxylic acids is 1. The molecule has 1 aromatic carbocycles. The number of halogens is 4. The lowest BCUT2D eigenvalue weighted by Gasteiger charge is -2.06. The van der Waals surface area contributed by atoms with E-state index in [0.717, 1.165) is 12.1 Å². The summed E-state index contributed by atoms with van der Waals surface area (Å²) in [5, 5.41) is 0. The van der Waals surface area contributed by atoms with Crippen LogP contribution < -0.4 is 0 Å². The highest BCUT2D eigenvalue weighted by atomic mass is 79.9. The molecule has 1 rings (SSSR count). The number of Topliss-reactive ketones (excluding diaryl/α,β-unsaturated/α-hetero) is 1. The monoisotopic (exact) mass is 330 g/mol. The Bertz CT molecular complexity index is 519. The van der Waals surface area contributed by atoms with Crippen molar-refractivity contribution < 1.29 is 26.4 Å². The van der Waals surface area contributed by atoms with E-state index >= 15 is 0 Å². The van der Waals surface area contributed by atoms with Crippen LogP contribution in [0.2, 0.25) is 0 Å². The second-order valence-corrected chi connectivity index (χ2v) is 6.04. The average Bonchev–Trinajstić information content (AvgIpc) is 2.16. The zero-order chi connectivity index (χ0) is 13.3. The van der Waals surface area contributed by atoms with Crippen LogP contribution in [0, 0.1) is 0 Å². The van der Waals surface area contributed by atoms with Crippen LogP contribution in [0.4, 0.5) is 13.2 Å². The van der Waals surface area contributed by atoms with Gasteiger partial charge in [-0.25, -0.2) is 8.42 Å². The van der Waals surface area contributed by atoms with Gasteiger partial charge in [-0.2, -0.15) is 13.2 Å². The topological polar surface area (TPSA) is 51.2 Å². The van der Waals surface area contributed by atoms with Gasteiger partial charge in [-0.05, 0) is 24.3 Å². The molecule has 8 heteroatoms. The van der Waals surface area contributed by atoms with Gasteiger partial charge < -0.3 is 0 Å². The third-order valence-corrected chi connectivity index (χ3v) is 3.97. The molecule has 0 amide bonds. The van der Waals surface area contributed by atoms with Crippen LogP contribution in [0.1, 0.15) is 0 Å². The van der Waals surface area contributed by atoms with E-state index in [1.165, 1.54) is 12.1 Å². The van der Waals surface area contributed by atoms with Crippen LogP contribution in [0.5, 0.6) is 0 Å². The molecular formula is C9H6BrF3O3S. The zero-order valence-electron chi connectivity index (χ0n) is 8.16. The molecule has 1 aromatic rings. The van der Waals surface area contributed by atoms with E-state index in [2.05, 4.69) is 15.9 Å². The summed E-state index contributed by atoms with van der Waals surface area (Å²) in [6.07, 6.45) is -5.14. The van der Waals surface area contributed by atoms with Crippen LogP contribution in [0.25, 0.3) is 0 Å². The molecule has 0 N–H and O–H groups in total. The molecule has 0 spiro atoms. The second kappa shape index (κ2) is 4.77. The fourth-order valence-corrected chi connectivity index (χ4v) is 2.47. The Hall–Kier alpha value is -0.890. The fraction of sp³-hybridized carbons (Fsp3) is 0.222. The molecule has 0 atom stereocenters. The SMILES string of the molecule is O=C(CS(=O)(=O)c1ccc(Br)cc1)C(F)(F)F. The minimum atomic E-state index is -5.14. The molecule has 3 nitrogen and oxygen atoms in total. The van der Waals surface area contributed by atoms with Crippen molar-refractivity contribution in [3.8, 4) is 0 Å². The van der Waals surface area contributed by atoms with Crippen molar-refractivity contribution in [2.75, 3.05) is 5.75 Å². The van der Waals surface area contributed by atoms with Crippen molar-refractivity contribution in [1.29, 1.82) is 0 Å². The van der Waals surface area contributed by atoms with Crippen molar-refractivity contribution in [2.45, 2.75) is 11.1 Å². The Morgan fingerprint density at radius 3 is 2.06 bits per heavy atom. The van der Waals surface area contributed by atoms with E-state index in [0.29, 0.717) is 4.47 Å². The minimum Gasteiger partial charge on any atom is -0.288 e. The van der Waals surface area contributed by atoms with Crippen molar-refractivity contribution in [1.82, 2.24) is 0 Å². The number of alkyl halides is 3. The molecule has 0 bridgehead atoms. The lowest BCUT2D eigenvalue weighted by molar-refractivity contribution is -0.168. The van der Waals surface area contributed by atoms with Gasteiger partial charge in [0.05, 0.1) is 4.90 Å². The van der Waals surface area contributed by atoms with Crippen LogP contribution in [-0.2, 0) is 14.6 Å². The predicted molar refractivity (Wildman–Crippen MR) is 57.3 cm³/mol. The summed E-state index contributed by atoms with van der Waals surface area (Å²) in [6, 6.07) is 4.99.